The monoisotopic (exact) mass is 147 g/mol. The zero-order valence-electron chi connectivity index (χ0n) is 4.31. The van der Waals surface area contributed by atoms with Crippen molar-refractivity contribution in [1.29, 1.82) is 0 Å². The van der Waals surface area contributed by atoms with E-state index in [-0.39, 0.29) is 5.15 Å². The molecule has 0 aromatic carbocycles. The van der Waals surface area contributed by atoms with E-state index >= 15 is 0 Å². The van der Waals surface area contributed by atoms with Crippen molar-refractivity contribution < 1.29 is 9.50 Å². The van der Waals surface area contributed by atoms with E-state index < -0.39 is 11.7 Å². The van der Waals surface area contributed by atoms with Crippen LogP contribution in [-0.2, 0) is 0 Å². The van der Waals surface area contributed by atoms with Crippen LogP contribution in [0.15, 0.2) is 12.1 Å². The van der Waals surface area contributed by atoms with Crippen molar-refractivity contribution in [3.8, 4) is 5.75 Å². The third kappa shape index (κ3) is 1.29. The first-order valence-electron chi connectivity index (χ1n) is 2.21. The van der Waals surface area contributed by atoms with Crippen molar-refractivity contribution in [2.24, 2.45) is 0 Å². The van der Waals surface area contributed by atoms with E-state index in [1.165, 1.54) is 6.07 Å². The number of hydrogen-bond acceptors (Lipinski definition) is 2. The number of rotatable bonds is 0. The number of aromatic hydroxyl groups is 1. The fourth-order valence-corrected chi connectivity index (χ4v) is 0.542. The van der Waals surface area contributed by atoms with Crippen molar-refractivity contribution in [2.75, 3.05) is 0 Å². The van der Waals surface area contributed by atoms with E-state index in [4.69, 9.17) is 16.7 Å². The molecule has 0 aliphatic heterocycles. The van der Waals surface area contributed by atoms with Crippen LogP contribution in [0.25, 0.3) is 0 Å². The molecule has 0 saturated heterocycles. The Hall–Kier alpha value is -0.830. The van der Waals surface area contributed by atoms with Crippen LogP contribution in [0.1, 0.15) is 0 Å². The molecule has 0 aliphatic carbocycles. The van der Waals surface area contributed by atoms with E-state index in [9.17, 15) is 4.39 Å². The largest absolute Gasteiger partial charge is 0.504 e. The molecule has 48 valence electrons. The second-order valence-corrected chi connectivity index (χ2v) is 1.83. The lowest BCUT2D eigenvalue weighted by Crippen LogP contribution is -1.81. The summed E-state index contributed by atoms with van der Waals surface area (Å²) in [5.41, 5.74) is 0. The van der Waals surface area contributed by atoms with Crippen LogP contribution in [0.5, 0.6) is 5.75 Å². The van der Waals surface area contributed by atoms with Gasteiger partial charge in [0.05, 0.1) is 0 Å². The standard InChI is InChI=1S/C5H3ClFNO/c6-4-2-1-3(9)5(7)8-4/h1-2,9H. The van der Waals surface area contributed by atoms with Gasteiger partial charge in [-0.2, -0.15) is 4.39 Å². The topological polar surface area (TPSA) is 33.1 Å². The molecule has 0 amide bonds. The van der Waals surface area contributed by atoms with E-state index in [0.29, 0.717) is 0 Å². The second-order valence-electron chi connectivity index (χ2n) is 1.44. The molecule has 0 saturated carbocycles. The van der Waals surface area contributed by atoms with Crippen LogP contribution in [0.4, 0.5) is 4.39 Å². The van der Waals surface area contributed by atoms with Gasteiger partial charge in [0.15, 0.2) is 5.75 Å². The summed E-state index contributed by atoms with van der Waals surface area (Å²) >= 11 is 5.25. The van der Waals surface area contributed by atoms with Gasteiger partial charge in [0.1, 0.15) is 5.15 Å². The lowest BCUT2D eigenvalue weighted by molar-refractivity contribution is 0.419. The van der Waals surface area contributed by atoms with Crippen LogP contribution < -0.4 is 0 Å². The number of aromatic nitrogens is 1. The normalized spacial score (nSPS) is 9.56. The number of halogens is 2. The quantitative estimate of drug-likeness (QED) is 0.566. The Morgan fingerprint density at radius 2 is 2.22 bits per heavy atom. The molecule has 1 heterocycles. The maximum atomic E-state index is 12.1. The summed E-state index contributed by atoms with van der Waals surface area (Å²) in [5.74, 6) is -1.43. The van der Waals surface area contributed by atoms with Crippen LogP contribution in [0, 0.1) is 5.95 Å². The highest BCUT2D eigenvalue weighted by Crippen LogP contribution is 2.14. The highest BCUT2D eigenvalue weighted by Gasteiger charge is 1.99. The molecule has 0 fully saturated rings. The minimum atomic E-state index is -0.942. The Kier molecular flexibility index (Phi) is 1.53. The predicted octanol–water partition coefficient (Wildman–Crippen LogP) is 1.58. The fourth-order valence-electron chi connectivity index (χ4n) is 0.405. The average Bonchev–Trinajstić information content (AvgIpc) is 1.80. The van der Waals surface area contributed by atoms with Gasteiger partial charge in [0.2, 0.25) is 0 Å². The SMILES string of the molecule is Oc1ccc(Cl)nc1F. The van der Waals surface area contributed by atoms with E-state index in [2.05, 4.69) is 4.98 Å². The summed E-state index contributed by atoms with van der Waals surface area (Å²) in [6, 6.07) is 2.45. The van der Waals surface area contributed by atoms with Crippen molar-refractivity contribution in [1.82, 2.24) is 4.98 Å². The average molecular weight is 148 g/mol. The lowest BCUT2D eigenvalue weighted by Gasteiger charge is -1.91. The third-order valence-corrected chi connectivity index (χ3v) is 1.01. The predicted molar refractivity (Wildman–Crippen MR) is 30.9 cm³/mol. The summed E-state index contributed by atoms with van der Waals surface area (Å²) in [5, 5.41) is 8.58. The minimum absolute atomic E-state index is 0.0327. The van der Waals surface area contributed by atoms with Gasteiger partial charge in [-0.25, -0.2) is 4.98 Å². The van der Waals surface area contributed by atoms with Crippen LogP contribution >= 0.6 is 11.6 Å². The van der Waals surface area contributed by atoms with Crippen molar-refractivity contribution in [2.45, 2.75) is 0 Å². The van der Waals surface area contributed by atoms with Gasteiger partial charge in [0.25, 0.3) is 5.95 Å². The summed E-state index contributed by atoms with van der Waals surface area (Å²) in [4.78, 5) is 3.12. The Morgan fingerprint density at radius 3 is 2.67 bits per heavy atom. The van der Waals surface area contributed by atoms with Gasteiger partial charge >= 0.3 is 0 Å². The van der Waals surface area contributed by atoms with Gasteiger partial charge in [0, 0.05) is 0 Å². The molecular weight excluding hydrogens is 145 g/mol. The summed E-state index contributed by atoms with van der Waals surface area (Å²) < 4.78 is 12.1. The molecule has 1 aromatic rings. The molecule has 9 heavy (non-hydrogen) atoms. The van der Waals surface area contributed by atoms with Gasteiger partial charge in [-0.1, -0.05) is 11.6 Å². The van der Waals surface area contributed by atoms with E-state index in [1.807, 2.05) is 0 Å². The van der Waals surface area contributed by atoms with Gasteiger partial charge in [-0.3, -0.25) is 0 Å². The summed E-state index contributed by atoms with van der Waals surface area (Å²) in [7, 11) is 0. The van der Waals surface area contributed by atoms with Crippen LogP contribution in [-0.4, -0.2) is 10.1 Å². The first kappa shape index (κ1) is 6.29. The Bertz CT molecular complexity index is 228. The lowest BCUT2D eigenvalue weighted by atomic mass is 10.5. The number of hydrogen-bond donors (Lipinski definition) is 1. The Labute approximate surface area is 55.9 Å². The molecule has 1 N–H and O–H groups in total. The maximum Gasteiger partial charge on any atom is 0.256 e. The molecule has 0 aliphatic rings. The first-order chi connectivity index (χ1) is 4.20. The summed E-state index contributed by atoms with van der Waals surface area (Å²) in [6.07, 6.45) is 0. The maximum absolute atomic E-state index is 12.1. The molecule has 1 aromatic heterocycles. The minimum Gasteiger partial charge on any atom is -0.504 e. The van der Waals surface area contributed by atoms with Gasteiger partial charge < -0.3 is 5.11 Å². The zero-order valence-corrected chi connectivity index (χ0v) is 5.06. The summed E-state index contributed by atoms with van der Waals surface area (Å²) in [6.45, 7) is 0. The van der Waals surface area contributed by atoms with Crippen molar-refractivity contribution in [3.05, 3.63) is 23.2 Å². The molecule has 0 atom stereocenters. The highest BCUT2D eigenvalue weighted by molar-refractivity contribution is 6.29. The van der Waals surface area contributed by atoms with Crippen molar-refractivity contribution >= 4 is 11.6 Å². The number of nitrogens with zero attached hydrogens (tertiary/aromatic N) is 1. The van der Waals surface area contributed by atoms with Gasteiger partial charge in [-0.15, -0.1) is 0 Å². The Balaban J connectivity index is 3.17. The zero-order chi connectivity index (χ0) is 6.85. The fraction of sp³-hybridized carbons (Fsp3) is 0. The van der Waals surface area contributed by atoms with Crippen LogP contribution in [0.2, 0.25) is 5.15 Å². The highest BCUT2D eigenvalue weighted by atomic mass is 35.5. The third-order valence-electron chi connectivity index (χ3n) is 0.795. The molecule has 0 bridgehead atoms. The first-order valence-corrected chi connectivity index (χ1v) is 2.59. The molecule has 0 radical (unpaired) electrons. The molecule has 4 heteroatoms. The smallest absolute Gasteiger partial charge is 0.256 e. The molecule has 0 spiro atoms. The van der Waals surface area contributed by atoms with E-state index in [1.54, 1.807) is 0 Å². The number of pyridine rings is 1. The van der Waals surface area contributed by atoms with Crippen molar-refractivity contribution in [3.63, 3.8) is 0 Å². The Morgan fingerprint density at radius 1 is 1.56 bits per heavy atom. The van der Waals surface area contributed by atoms with E-state index in [0.717, 1.165) is 6.07 Å². The van der Waals surface area contributed by atoms with Gasteiger partial charge in [-0.05, 0) is 12.1 Å². The molecular formula is C5H3ClFNO. The molecule has 0 unspecified atom stereocenters. The molecule has 1 rings (SSSR count). The van der Waals surface area contributed by atoms with Crippen LogP contribution in [0.3, 0.4) is 0 Å². The molecule has 2 nitrogen and oxygen atoms in total. The second kappa shape index (κ2) is 2.19.